The lowest BCUT2D eigenvalue weighted by molar-refractivity contribution is -0.149. The minimum atomic E-state index is -3.93. The van der Waals surface area contributed by atoms with E-state index in [4.69, 9.17) is 19.6 Å². The highest BCUT2D eigenvalue weighted by molar-refractivity contribution is 8.01. The van der Waals surface area contributed by atoms with Crippen molar-refractivity contribution in [2.24, 2.45) is 0 Å². The molecule has 13 heteroatoms. The van der Waals surface area contributed by atoms with E-state index < -0.39 is 30.5 Å². The number of carbonyl (C=O) groups is 2. The van der Waals surface area contributed by atoms with Gasteiger partial charge in [0, 0.05) is 0 Å². The number of hydrogen-bond donors (Lipinski definition) is 3. The first kappa shape index (κ1) is 29.4. The lowest BCUT2D eigenvalue weighted by Gasteiger charge is -2.34. The van der Waals surface area contributed by atoms with Gasteiger partial charge < -0.3 is 19.6 Å². The van der Waals surface area contributed by atoms with Crippen LogP contribution in [0.4, 0.5) is 5.13 Å². The summed E-state index contributed by atoms with van der Waals surface area (Å²) in [6.45, 7) is 11.9. The highest BCUT2D eigenvalue weighted by atomic mass is 32.2. The molecule has 0 saturated heterocycles. The van der Waals surface area contributed by atoms with Gasteiger partial charge in [-0.3, -0.25) is 14.2 Å². The Labute approximate surface area is 214 Å². The Balaban J connectivity index is 2.52. The Morgan fingerprint density at radius 2 is 1.63 bits per heavy atom. The molecule has 10 nitrogen and oxygen atoms in total. The summed E-state index contributed by atoms with van der Waals surface area (Å²) >= 11 is 2.96. The van der Waals surface area contributed by atoms with Gasteiger partial charge in [-0.1, -0.05) is 18.3 Å². The number of nitrogens with zero attached hydrogens (tertiary/aromatic N) is 1. The van der Waals surface area contributed by atoms with E-state index in [0.29, 0.717) is 16.6 Å². The van der Waals surface area contributed by atoms with Gasteiger partial charge in [0.15, 0.2) is 16.4 Å². The molecular formula is C22H35N4O6PS2. The summed E-state index contributed by atoms with van der Waals surface area (Å²) in [5, 5.41) is 6.12. The van der Waals surface area contributed by atoms with Crippen LogP contribution in [0.5, 0.6) is 0 Å². The van der Waals surface area contributed by atoms with Crippen molar-refractivity contribution in [3.8, 4) is 11.5 Å². The molecule has 2 aromatic rings. The van der Waals surface area contributed by atoms with Crippen LogP contribution in [0.25, 0.3) is 11.5 Å². The number of anilines is 1. The Morgan fingerprint density at radius 1 is 1.09 bits per heavy atom. The fourth-order valence-electron chi connectivity index (χ4n) is 3.03. The van der Waals surface area contributed by atoms with Crippen LogP contribution >= 0.6 is 30.5 Å². The SMILES string of the molecule is CCCSc1sc(N)nc1-c1ccc(P(=O)(NC(C)(C)C(=O)OCC)NC(C)(C)C(=O)OCC)o1. The number of nitrogens with two attached hydrogens (primary N) is 1. The van der Waals surface area contributed by atoms with Crippen molar-refractivity contribution in [1.29, 1.82) is 0 Å². The third-order valence-electron chi connectivity index (χ3n) is 4.63. The monoisotopic (exact) mass is 546 g/mol. The summed E-state index contributed by atoms with van der Waals surface area (Å²) in [6, 6.07) is 3.17. The first-order valence-electron chi connectivity index (χ1n) is 11.3. The maximum Gasteiger partial charge on any atom is 0.326 e. The van der Waals surface area contributed by atoms with E-state index in [1.165, 1.54) is 17.4 Å². The van der Waals surface area contributed by atoms with E-state index in [0.717, 1.165) is 16.4 Å². The van der Waals surface area contributed by atoms with Crippen molar-refractivity contribution in [1.82, 2.24) is 15.2 Å². The number of thiazole rings is 1. The highest BCUT2D eigenvalue weighted by Crippen LogP contribution is 2.44. The second-order valence-electron chi connectivity index (χ2n) is 8.70. The Kier molecular flexibility index (Phi) is 10.0. The fraction of sp³-hybridized carbons (Fsp3) is 0.591. The summed E-state index contributed by atoms with van der Waals surface area (Å²) in [4.78, 5) is 29.5. The van der Waals surface area contributed by atoms with Gasteiger partial charge in [0.05, 0.1) is 17.4 Å². The molecule has 2 heterocycles. The maximum atomic E-state index is 14.4. The lowest BCUT2D eigenvalue weighted by atomic mass is 10.1. The zero-order valence-corrected chi connectivity index (χ0v) is 23.7. The number of rotatable bonds is 13. The molecule has 0 aliphatic rings. The fourth-order valence-corrected chi connectivity index (χ4v) is 7.56. The average molecular weight is 547 g/mol. The van der Waals surface area contributed by atoms with Crippen LogP contribution in [0, 0.1) is 0 Å². The van der Waals surface area contributed by atoms with Crippen LogP contribution in [0.1, 0.15) is 54.9 Å². The van der Waals surface area contributed by atoms with Crippen molar-refractivity contribution < 1.29 is 28.0 Å². The van der Waals surface area contributed by atoms with Crippen LogP contribution in [-0.4, -0.2) is 47.0 Å². The van der Waals surface area contributed by atoms with Gasteiger partial charge in [0.25, 0.3) is 7.44 Å². The quantitative estimate of drug-likeness (QED) is 0.189. The molecule has 2 aromatic heterocycles. The molecule has 0 atom stereocenters. The zero-order valence-electron chi connectivity index (χ0n) is 21.2. The summed E-state index contributed by atoms with van der Waals surface area (Å²) < 4.78 is 31.6. The molecule has 0 fully saturated rings. The van der Waals surface area contributed by atoms with E-state index in [-0.39, 0.29) is 18.7 Å². The molecule has 0 aromatic carbocycles. The third kappa shape index (κ3) is 7.33. The minimum Gasteiger partial charge on any atom is -0.465 e. The number of nitrogens with one attached hydrogen (secondary N) is 2. The second kappa shape index (κ2) is 11.9. The van der Waals surface area contributed by atoms with Gasteiger partial charge in [0.2, 0.25) is 0 Å². The number of carbonyl (C=O) groups excluding carboxylic acids is 2. The molecule has 0 amide bonds. The van der Waals surface area contributed by atoms with Crippen molar-refractivity contribution in [2.75, 3.05) is 24.7 Å². The summed E-state index contributed by atoms with van der Waals surface area (Å²) in [6.07, 6.45) is 0.972. The smallest absolute Gasteiger partial charge is 0.326 e. The molecule has 0 radical (unpaired) electrons. The predicted octanol–water partition coefficient (Wildman–Crippen LogP) is 4.17. The predicted molar refractivity (Wildman–Crippen MR) is 140 cm³/mol. The Morgan fingerprint density at radius 3 is 2.11 bits per heavy atom. The van der Waals surface area contributed by atoms with Gasteiger partial charge in [-0.05, 0) is 65.8 Å². The molecule has 0 bridgehead atoms. The summed E-state index contributed by atoms with van der Waals surface area (Å²) in [5.74, 6) is 0.0467. The topological polar surface area (TPSA) is 146 Å². The van der Waals surface area contributed by atoms with Crippen LogP contribution in [0.3, 0.4) is 0 Å². The van der Waals surface area contributed by atoms with E-state index in [2.05, 4.69) is 22.1 Å². The van der Waals surface area contributed by atoms with E-state index in [1.807, 2.05) is 0 Å². The maximum absolute atomic E-state index is 14.4. The average Bonchev–Trinajstić information content (AvgIpc) is 3.38. The van der Waals surface area contributed by atoms with Crippen LogP contribution in [0.2, 0.25) is 0 Å². The summed E-state index contributed by atoms with van der Waals surface area (Å²) in [7, 11) is -3.93. The number of ether oxygens (including phenoxy) is 2. The van der Waals surface area contributed by atoms with Crippen LogP contribution < -0.4 is 21.4 Å². The largest absolute Gasteiger partial charge is 0.465 e. The molecule has 196 valence electrons. The molecule has 0 aliphatic heterocycles. The zero-order chi connectivity index (χ0) is 26.4. The molecule has 0 aliphatic carbocycles. The van der Waals surface area contributed by atoms with E-state index in [9.17, 15) is 14.2 Å². The molecule has 0 spiro atoms. The van der Waals surface area contributed by atoms with Crippen molar-refractivity contribution >= 4 is 53.1 Å². The van der Waals surface area contributed by atoms with Gasteiger partial charge in [-0.25, -0.2) is 15.2 Å². The molecular weight excluding hydrogens is 511 g/mol. The molecule has 0 unspecified atom stereocenters. The molecule has 0 saturated carbocycles. The highest BCUT2D eigenvalue weighted by Gasteiger charge is 2.45. The number of esters is 2. The molecule has 2 rings (SSSR count). The van der Waals surface area contributed by atoms with Crippen LogP contribution in [0.15, 0.2) is 20.8 Å². The first-order valence-corrected chi connectivity index (χ1v) is 14.8. The van der Waals surface area contributed by atoms with E-state index in [1.54, 1.807) is 59.4 Å². The normalized spacial score (nSPS) is 12.5. The number of thioether (sulfide) groups is 1. The van der Waals surface area contributed by atoms with Gasteiger partial charge in [-0.2, -0.15) is 0 Å². The van der Waals surface area contributed by atoms with Crippen molar-refractivity contribution in [3.63, 3.8) is 0 Å². The second-order valence-corrected chi connectivity index (χ2v) is 13.2. The summed E-state index contributed by atoms with van der Waals surface area (Å²) in [5.41, 5.74) is 3.77. The van der Waals surface area contributed by atoms with Gasteiger partial charge in [-0.15, -0.1) is 11.8 Å². The lowest BCUT2D eigenvalue weighted by Crippen LogP contribution is -2.55. The number of hydrogen-bond acceptors (Lipinski definition) is 10. The Bertz CT molecular complexity index is 1050. The first-order chi connectivity index (χ1) is 16.3. The minimum absolute atomic E-state index is 0.0141. The van der Waals surface area contributed by atoms with Crippen molar-refractivity contribution in [3.05, 3.63) is 12.1 Å². The number of aromatic nitrogens is 1. The van der Waals surface area contributed by atoms with Crippen molar-refractivity contribution in [2.45, 2.75) is 70.2 Å². The number of furan rings is 1. The van der Waals surface area contributed by atoms with E-state index >= 15 is 0 Å². The third-order valence-corrected chi connectivity index (χ3v) is 9.59. The van der Waals surface area contributed by atoms with Gasteiger partial charge in [0.1, 0.15) is 16.8 Å². The molecule has 35 heavy (non-hydrogen) atoms. The van der Waals surface area contributed by atoms with Crippen LogP contribution in [-0.2, 0) is 23.6 Å². The standard InChI is InChI=1S/C22H35N4O6PS2/c1-8-13-34-17-16(24-20(23)35-17)14-11-12-15(32-14)33(29,25-21(4,5)18(27)30-9-2)26-22(6,7)19(28)31-10-3/h11-12H,8-10,13H2,1-7H3,(H2,23,24)(H2,25,26,29). The Hall–Kier alpha value is -1.85. The number of nitrogen functional groups attached to an aromatic ring is 1. The van der Waals surface area contributed by atoms with Gasteiger partial charge >= 0.3 is 11.9 Å². The molecule has 4 N–H and O–H groups in total.